The minimum absolute atomic E-state index is 0.0217. The standard InChI is InChI=1S/C24H24N6O4S/c31-23(30-12-10-29(11-13-30)16-17-4-3-9-25-15-17)19-5-1-2-6-20(19)28-35(33,34)18-7-8-21-22(14-18)27-24(32)26-21/h1-9,14-15,28H,10-13,16H2,(H2,26,27,32). The molecule has 35 heavy (non-hydrogen) atoms. The lowest BCUT2D eigenvalue weighted by Crippen LogP contribution is -2.48. The number of benzene rings is 2. The summed E-state index contributed by atoms with van der Waals surface area (Å²) >= 11 is 0. The van der Waals surface area contributed by atoms with Crippen LogP contribution in [0.25, 0.3) is 11.0 Å². The van der Waals surface area contributed by atoms with Crippen LogP contribution in [0.2, 0.25) is 0 Å². The number of amides is 1. The Morgan fingerprint density at radius 1 is 0.971 bits per heavy atom. The highest BCUT2D eigenvalue weighted by Crippen LogP contribution is 2.23. The van der Waals surface area contributed by atoms with Gasteiger partial charge in [0, 0.05) is 45.1 Å². The number of aromatic amines is 2. The van der Waals surface area contributed by atoms with Crippen molar-refractivity contribution >= 4 is 32.7 Å². The molecule has 3 N–H and O–H groups in total. The summed E-state index contributed by atoms with van der Waals surface area (Å²) in [4.78, 5) is 38.1. The summed E-state index contributed by atoms with van der Waals surface area (Å²) < 4.78 is 28.7. The molecule has 2 aromatic carbocycles. The number of nitrogens with zero attached hydrogens (tertiary/aromatic N) is 3. The molecular formula is C24H24N6O4S. The quantitative estimate of drug-likeness (QED) is 0.377. The molecule has 1 fully saturated rings. The van der Waals surface area contributed by atoms with Crippen LogP contribution in [0.15, 0.2) is 76.7 Å². The Morgan fingerprint density at radius 3 is 2.51 bits per heavy atom. The molecule has 1 aliphatic heterocycles. The summed E-state index contributed by atoms with van der Waals surface area (Å²) in [6.07, 6.45) is 3.58. The van der Waals surface area contributed by atoms with Crippen LogP contribution in [-0.4, -0.2) is 65.3 Å². The molecule has 1 amide bonds. The number of hydrogen-bond donors (Lipinski definition) is 3. The Bertz CT molecular complexity index is 1520. The lowest BCUT2D eigenvalue weighted by Gasteiger charge is -2.35. The van der Waals surface area contributed by atoms with Crippen molar-refractivity contribution in [2.75, 3.05) is 30.9 Å². The van der Waals surface area contributed by atoms with Crippen molar-refractivity contribution in [1.29, 1.82) is 0 Å². The van der Waals surface area contributed by atoms with E-state index in [0.29, 0.717) is 37.2 Å². The van der Waals surface area contributed by atoms with E-state index in [9.17, 15) is 18.0 Å². The average molecular weight is 493 g/mol. The van der Waals surface area contributed by atoms with Crippen molar-refractivity contribution < 1.29 is 13.2 Å². The summed E-state index contributed by atoms with van der Waals surface area (Å²) in [5.74, 6) is -0.227. The van der Waals surface area contributed by atoms with Gasteiger partial charge >= 0.3 is 5.69 Å². The molecule has 0 radical (unpaired) electrons. The monoisotopic (exact) mass is 492 g/mol. The van der Waals surface area contributed by atoms with Gasteiger partial charge in [-0.25, -0.2) is 13.2 Å². The van der Waals surface area contributed by atoms with E-state index >= 15 is 0 Å². The normalized spacial score (nSPS) is 14.8. The van der Waals surface area contributed by atoms with Gasteiger partial charge in [0.2, 0.25) is 0 Å². The number of aromatic nitrogens is 3. The summed E-state index contributed by atoms with van der Waals surface area (Å²) in [5.41, 5.74) is 2.08. The number of anilines is 1. The maximum atomic E-state index is 13.3. The zero-order valence-corrected chi connectivity index (χ0v) is 19.6. The largest absolute Gasteiger partial charge is 0.336 e. The first kappa shape index (κ1) is 22.8. The Hall–Kier alpha value is -3.96. The number of sulfonamides is 1. The van der Waals surface area contributed by atoms with Gasteiger partial charge < -0.3 is 14.9 Å². The van der Waals surface area contributed by atoms with Gasteiger partial charge in [0.15, 0.2) is 0 Å². The first-order valence-electron chi connectivity index (χ1n) is 11.1. The highest BCUT2D eigenvalue weighted by molar-refractivity contribution is 7.92. The highest BCUT2D eigenvalue weighted by atomic mass is 32.2. The van der Waals surface area contributed by atoms with Gasteiger partial charge in [-0.3, -0.25) is 19.4 Å². The fourth-order valence-electron chi connectivity index (χ4n) is 4.17. The van der Waals surface area contributed by atoms with Crippen molar-refractivity contribution in [2.45, 2.75) is 11.4 Å². The molecule has 1 saturated heterocycles. The van der Waals surface area contributed by atoms with Gasteiger partial charge in [-0.2, -0.15) is 0 Å². The zero-order chi connectivity index (χ0) is 24.4. The summed E-state index contributed by atoms with van der Waals surface area (Å²) in [5, 5.41) is 0. The molecule has 0 saturated carbocycles. The molecule has 0 atom stereocenters. The second kappa shape index (κ2) is 9.35. The number of para-hydroxylation sites is 1. The van der Waals surface area contributed by atoms with Gasteiger partial charge in [-0.05, 0) is 42.0 Å². The Balaban J connectivity index is 1.30. The third kappa shape index (κ3) is 4.96. The van der Waals surface area contributed by atoms with E-state index < -0.39 is 15.7 Å². The first-order valence-corrected chi connectivity index (χ1v) is 12.6. The van der Waals surface area contributed by atoms with Crippen molar-refractivity contribution in [1.82, 2.24) is 24.8 Å². The summed E-state index contributed by atoms with van der Waals surface area (Å²) in [6.45, 7) is 3.27. The third-order valence-electron chi connectivity index (χ3n) is 5.99. The lowest BCUT2D eigenvalue weighted by atomic mass is 10.1. The SMILES string of the molecule is O=C(c1ccccc1NS(=O)(=O)c1ccc2[nH]c(=O)[nH]c2c1)N1CCN(Cc2cccnc2)CC1. The first-order chi connectivity index (χ1) is 16.9. The molecule has 10 nitrogen and oxygen atoms in total. The summed E-state index contributed by atoms with van der Waals surface area (Å²) in [6, 6.07) is 14.8. The average Bonchev–Trinajstić information content (AvgIpc) is 3.24. The van der Waals surface area contributed by atoms with Crippen molar-refractivity contribution in [3.05, 3.63) is 88.6 Å². The molecule has 0 aliphatic carbocycles. The lowest BCUT2D eigenvalue weighted by molar-refractivity contribution is 0.0629. The molecule has 5 rings (SSSR count). The van der Waals surface area contributed by atoms with Crippen LogP contribution in [-0.2, 0) is 16.6 Å². The van der Waals surface area contributed by atoms with Crippen molar-refractivity contribution in [2.24, 2.45) is 0 Å². The minimum Gasteiger partial charge on any atom is -0.336 e. The van der Waals surface area contributed by atoms with Crippen LogP contribution < -0.4 is 10.4 Å². The van der Waals surface area contributed by atoms with E-state index in [2.05, 4.69) is 24.6 Å². The van der Waals surface area contributed by atoms with Gasteiger partial charge in [-0.1, -0.05) is 18.2 Å². The molecule has 2 aromatic heterocycles. The second-order valence-corrected chi connectivity index (χ2v) is 10.0. The maximum Gasteiger partial charge on any atom is 0.323 e. The Morgan fingerprint density at radius 2 is 1.74 bits per heavy atom. The van der Waals surface area contributed by atoms with Crippen LogP contribution in [0, 0.1) is 0 Å². The molecule has 3 heterocycles. The van der Waals surface area contributed by atoms with Crippen LogP contribution >= 0.6 is 0 Å². The molecule has 4 aromatic rings. The van der Waals surface area contributed by atoms with Gasteiger partial charge in [-0.15, -0.1) is 0 Å². The number of carbonyl (C=O) groups is 1. The van der Waals surface area contributed by atoms with Gasteiger partial charge in [0.25, 0.3) is 15.9 Å². The van der Waals surface area contributed by atoms with Gasteiger partial charge in [0.1, 0.15) is 0 Å². The van der Waals surface area contributed by atoms with Crippen LogP contribution in [0.4, 0.5) is 5.69 Å². The minimum atomic E-state index is -4.00. The van der Waals surface area contributed by atoms with Crippen LogP contribution in [0.3, 0.4) is 0 Å². The molecule has 1 aliphatic rings. The van der Waals surface area contributed by atoms with E-state index in [1.807, 2.05) is 18.3 Å². The van der Waals surface area contributed by atoms with Crippen LogP contribution in [0.1, 0.15) is 15.9 Å². The van der Waals surface area contributed by atoms with Gasteiger partial charge in [0.05, 0.1) is 27.2 Å². The molecule has 0 spiro atoms. The third-order valence-corrected chi connectivity index (χ3v) is 7.35. The Labute approximate surface area is 201 Å². The molecule has 0 bridgehead atoms. The number of piperazine rings is 1. The predicted octanol–water partition coefficient (Wildman–Crippen LogP) is 2.01. The molecule has 180 valence electrons. The maximum absolute atomic E-state index is 13.3. The van der Waals surface area contributed by atoms with E-state index in [-0.39, 0.29) is 22.1 Å². The van der Waals surface area contributed by atoms with Crippen molar-refractivity contribution in [3.63, 3.8) is 0 Å². The number of pyridine rings is 1. The number of nitrogens with one attached hydrogen (secondary N) is 3. The molecule has 11 heteroatoms. The van der Waals surface area contributed by atoms with E-state index in [1.165, 1.54) is 18.2 Å². The molecular weight excluding hydrogens is 468 g/mol. The zero-order valence-electron chi connectivity index (χ0n) is 18.8. The van der Waals surface area contributed by atoms with E-state index in [1.54, 1.807) is 35.4 Å². The smallest absolute Gasteiger partial charge is 0.323 e. The van der Waals surface area contributed by atoms with E-state index in [4.69, 9.17) is 0 Å². The summed E-state index contributed by atoms with van der Waals surface area (Å²) in [7, 11) is -4.00. The van der Waals surface area contributed by atoms with Crippen molar-refractivity contribution in [3.8, 4) is 0 Å². The predicted molar refractivity (Wildman–Crippen MR) is 132 cm³/mol. The fourth-order valence-corrected chi connectivity index (χ4v) is 5.28. The van der Waals surface area contributed by atoms with Crippen LogP contribution in [0.5, 0.6) is 0 Å². The Kier molecular flexibility index (Phi) is 6.10. The number of rotatable bonds is 6. The number of imidazole rings is 1. The number of fused-ring (bicyclic) bond motifs is 1. The number of carbonyl (C=O) groups excluding carboxylic acids is 1. The highest BCUT2D eigenvalue weighted by Gasteiger charge is 2.25. The second-order valence-electron chi connectivity index (χ2n) is 8.37. The topological polar surface area (TPSA) is 131 Å². The fraction of sp³-hybridized carbons (Fsp3) is 0.208. The molecule has 0 unspecified atom stereocenters. The van der Waals surface area contributed by atoms with E-state index in [0.717, 1.165) is 12.1 Å². The number of H-pyrrole nitrogens is 2. The number of hydrogen-bond acceptors (Lipinski definition) is 6.